The maximum atomic E-state index is 12.2. The molecule has 5 nitrogen and oxygen atoms in total. The summed E-state index contributed by atoms with van der Waals surface area (Å²) < 4.78 is 5.48. The number of rotatable bonds is 7. The van der Waals surface area contributed by atoms with Gasteiger partial charge in [-0.25, -0.2) is 0 Å². The maximum absolute atomic E-state index is 12.2. The van der Waals surface area contributed by atoms with Crippen LogP contribution in [0.4, 0.5) is 0 Å². The summed E-state index contributed by atoms with van der Waals surface area (Å²) in [5.41, 5.74) is 0. The zero-order chi connectivity index (χ0) is 17.4. The van der Waals surface area contributed by atoms with Crippen molar-refractivity contribution >= 4 is 35.0 Å². The number of amides is 2. The van der Waals surface area contributed by atoms with Crippen LogP contribution in [0.5, 0.6) is 5.75 Å². The van der Waals surface area contributed by atoms with Crippen molar-refractivity contribution in [2.24, 2.45) is 0 Å². The molecule has 1 aromatic carbocycles. The van der Waals surface area contributed by atoms with Gasteiger partial charge in [0, 0.05) is 36.5 Å². The lowest BCUT2D eigenvalue weighted by molar-refractivity contribution is -0.134. The second-order valence-corrected chi connectivity index (χ2v) is 6.57. The molecule has 0 saturated carbocycles. The second kappa shape index (κ2) is 9.74. The first-order chi connectivity index (χ1) is 11.6. The van der Waals surface area contributed by atoms with E-state index in [1.807, 2.05) is 0 Å². The van der Waals surface area contributed by atoms with E-state index in [1.54, 1.807) is 29.2 Å². The SMILES string of the molecule is O=C(CCCCl)NC1CCN(C(=O)COc2ccc(Cl)cc2)CC1. The Morgan fingerprint density at radius 3 is 2.50 bits per heavy atom. The highest BCUT2D eigenvalue weighted by Crippen LogP contribution is 2.16. The summed E-state index contributed by atoms with van der Waals surface area (Å²) >= 11 is 11.4. The van der Waals surface area contributed by atoms with E-state index in [0.717, 1.165) is 12.8 Å². The average molecular weight is 373 g/mol. The summed E-state index contributed by atoms with van der Waals surface area (Å²) in [6.07, 6.45) is 2.67. The van der Waals surface area contributed by atoms with Crippen molar-refractivity contribution < 1.29 is 14.3 Å². The number of nitrogens with one attached hydrogen (secondary N) is 1. The Morgan fingerprint density at radius 1 is 1.21 bits per heavy atom. The molecule has 1 aliphatic rings. The van der Waals surface area contributed by atoms with Crippen LogP contribution in [0.25, 0.3) is 0 Å². The van der Waals surface area contributed by atoms with Crippen molar-refractivity contribution in [2.75, 3.05) is 25.6 Å². The van der Waals surface area contributed by atoms with E-state index in [1.165, 1.54) is 0 Å². The zero-order valence-electron chi connectivity index (χ0n) is 13.5. The Morgan fingerprint density at radius 2 is 1.88 bits per heavy atom. The molecule has 7 heteroatoms. The predicted octanol–water partition coefficient (Wildman–Crippen LogP) is 2.85. The largest absolute Gasteiger partial charge is 0.484 e. The van der Waals surface area contributed by atoms with E-state index in [0.29, 0.717) is 42.6 Å². The van der Waals surface area contributed by atoms with Crippen LogP contribution in [0.2, 0.25) is 5.02 Å². The Balaban J connectivity index is 1.68. The van der Waals surface area contributed by atoms with Gasteiger partial charge in [0.25, 0.3) is 5.91 Å². The third-order valence-corrected chi connectivity index (χ3v) is 4.45. The molecule has 0 aliphatic carbocycles. The number of alkyl halides is 1. The van der Waals surface area contributed by atoms with Gasteiger partial charge in [-0.05, 0) is 43.5 Å². The molecule has 1 fully saturated rings. The van der Waals surface area contributed by atoms with E-state index in [9.17, 15) is 9.59 Å². The molecular formula is C17H22Cl2N2O3. The Hall–Kier alpha value is -1.46. The molecule has 0 radical (unpaired) electrons. The van der Waals surface area contributed by atoms with Crippen molar-refractivity contribution in [3.05, 3.63) is 29.3 Å². The smallest absolute Gasteiger partial charge is 0.260 e. The number of piperidine rings is 1. The molecule has 2 rings (SSSR count). The first-order valence-corrected chi connectivity index (χ1v) is 9.01. The molecule has 0 unspecified atom stereocenters. The van der Waals surface area contributed by atoms with E-state index in [-0.39, 0.29) is 24.5 Å². The molecule has 1 aliphatic heterocycles. The van der Waals surface area contributed by atoms with Crippen molar-refractivity contribution in [3.63, 3.8) is 0 Å². The first-order valence-electron chi connectivity index (χ1n) is 8.10. The molecule has 24 heavy (non-hydrogen) atoms. The minimum absolute atomic E-state index is 0.00831. The number of nitrogens with zero attached hydrogens (tertiary/aromatic N) is 1. The Labute approximate surface area is 152 Å². The number of benzene rings is 1. The highest BCUT2D eigenvalue weighted by atomic mass is 35.5. The van der Waals surface area contributed by atoms with Gasteiger partial charge in [-0.2, -0.15) is 0 Å². The van der Waals surface area contributed by atoms with Gasteiger partial charge in [0.15, 0.2) is 6.61 Å². The van der Waals surface area contributed by atoms with Crippen LogP contribution in [0, 0.1) is 0 Å². The van der Waals surface area contributed by atoms with Gasteiger partial charge in [-0.15, -0.1) is 11.6 Å². The van der Waals surface area contributed by atoms with Gasteiger partial charge in [0.1, 0.15) is 5.75 Å². The van der Waals surface area contributed by atoms with Crippen molar-refractivity contribution in [2.45, 2.75) is 31.7 Å². The van der Waals surface area contributed by atoms with E-state index < -0.39 is 0 Å². The average Bonchev–Trinajstić information content (AvgIpc) is 2.60. The summed E-state index contributed by atoms with van der Waals surface area (Å²) in [4.78, 5) is 25.6. The molecule has 1 aromatic rings. The van der Waals surface area contributed by atoms with Crippen LogP contribution in [-0.2, 0) is 9.59 Å². The highest BCUT2D eigenvalue weighted by Gasteiger charge is 2.23. The molecule has 0 aromatic heterocycles. The van der Waals surface area contributed by atoms with Gasteiger partial charge >= 0.3 is 0 Å². The fourth-order valence-electron chi connectivity index (χ4n) is 2.57. The quantitative estimate of drug-likeness (QED) is 0.748. The molecule has 0 atom stereocenters. The summed E-state index contributed by atoms with van der Waals surface area (Å²) in [6, 6.07) is 7.05. The number of halogens is 2. The molecule has 1 saturated heterocycles. The van der Waals surface area contributed by atoms with E-state index in [4.69, 9.17) is 27.9 Å². The summed E-state index contributed by atoms with van der Waals surface area (Å²) in [7, 11) is 0. The lowest BCUT2D eigenvalue weighted by Crippen LogP contribution is -2.47. The zero-order valence-corrected chi connectivity index (χ0v) is 15.0. The number of hydrogen-bond donors (Lipinski definition) is 1. The Bertz CT molecular complexity index is 543. The minimum atomic E-state index is -0.0446. The summed E-state index contributed by atoms with van der Waals surface area (Å²) in [5, 5.41) is 3.63. The maximum Gasteiger partial charge on any atom is 0.260 e. The fraction of sp³-hybridized carbons (Fsp3) is 0.529. The first kappa shape index (κ1) is 18.9. The van der Waals surface area contributed by atoms with Gasteiger partial charge in [-0.3, -0.25) is 9.59 Å². The fourth-order valence-corrected chi connectivity index (χ4v) is 2.83. The van der Waals surface area contributed by atoms with Crippen molar-refractivity contribution in [1.29, 1.82) is 0 Å². The van der Waals surface area contributed by atoms with Gasteiger partial charge in [0.05, 0.1) is 0 Å². The molecule has 0 bridgehead atoms. The number of hydrogen-bond acceptors (Lipinski definition) is 3. The lowest BCUT2D eigenvalue weighted by Gasteiger charge is -2.32. The predicted molar refractivity (Wildman–Crippen MR) is 94.6 cm³/mol. The minimum Gasteiger partial charge on any atom is -0.484 e. The van der Waals surface area contributed by atoms with E-state index in [2.05, 4.69) is 5.32 Å². The van der Waals surface area contributed by atoms with Crippen LogP contribution in [-0.4, -0.2) is 48.3 Å². The number of carbonyl (C=O) groups is 2. The normalized spacial score (nSPS) is 15.2. The monoisotopic (exact) mass is 372 g/mol. The number of carbonyl (C=O) groups excluding carboxylic acids is 2. The third-order valence-electron chi connectivity index (χ3n) is 3.93. The molecule has 1 N–H and O–H groups in total. The van der Waals surface area contributed by atoms with Crippen molar-refractivity contribution in [3.8, 4) is 5.75 Å². The molecule has 0 spiro atoms. The molecule has 132 valence electrons. The third kappa shape index (κ3) is 6.21. The van der Waals surface area contributed by atoms with E-state index >= 15 is 0 Å². The van der Waals surface area contributed by atoms with Gasteiger partial charge < -0.3 is 15.0 Å². The van der Waals surface area contributed by atoms with Crippen LogP contribution < -0.4 is 10.1 Å². The Kier molecular flexibility index (Phi) is 7.66. The van der Waals surface area contributed by atoms with Crippen LogP contribution in [0.15, 0.2) is 24.3 Å². The molecule has 2 amide bonds. The lowest BCUT2D eigenvalue weighted by atomic mass is 10.0. The number of likely N-dealkylation sites (tertiary alicyclic amines) is 1. The number of ether oxygens (including phenoxy) is 1. The molecule has 1 heterocycles. The summed E-state index contributed by atoms with van der Waals surface area (Å²) in [6.45, 7) is 1.26. The van der Waals surface area contributed by atoms with Crippen LogP contribution in [0.3, 0.4) is 0 Å². The highest BCUT2D eigenvalue weighted by molar-refractivity contribution is 6.30. The van der Waals surface area contributed by atoms with Gasteiger partial charge in [0.2, 0.25) is 5.91 Å². The van der Waals surface area contributed by atoms with Crippen LogP contribution in [0.1, 0.15) is 25.7 Å². The van der Waals surface area contributed by atoms with Crippen molar-refractivity contribution in [1.82, 2.24) is 10.2 Å². The summed E-state index contributed by atoms with van der Waals surface area (Å²) in [5.74, 6) is 1.10. The van der Waals surface area contributed by atoms with Gasteiger partial charge in [-0.1, -0.05) is 11.6 Å². The molecular weight excluding hydrogens is 351 g/mol. The topological polar surface area (TPSA) is 58.6 Å². The second-order valence-electron chi connectivity index (χ2n) is 5.76. The standard InChI is InChI=1S/C17H22Cl2N2O3/c18-9-1-2-16(22)20-14-7-10-21(11-8-14)17(23)12-24-15-5-3-13(19)4-6-15/h3-6,14H,1-2,7-12H2,(H,20,22). The van der Waals surface area contributed by atoms with Crippen LogP contribution >= 0.6 is 23.2 Å².